The van der Waals surface area contributed by atoms with Gasteiger partial charge in [-0.2, -0.15) is 0 Å². The van der Waals surface area contributed by atoms with Gasteiger partial charge in [0.25, 0.3) is 11.5 Å². The summed E-state index contributed by atoms with van der Waals surface area (Å²) < 4.78 is 1.41. The number of carbonyl (C=O) groups is 1. The van der Waals surface area contributed by atoms with Crippen molar-refractivity contribution < 1.29 is 4.79 Å². The molecule has 5 rings (SSSR count). The van der Waals surface area contributed by atoms with Crippen molar-refractivity contribution in [2.75, 3.05) is 6.54 Å². The molecule has 31 heavy (non-hydrogen) atoms. The van der Waals surface area contributed by atoms with Crippen LogP contribution in [0.2, 0.25) is 0 Å². The highest BCUT2D eigenvalue weighted by Crippen LogP contribution is 2.19. The number of aromatic nitrogens is 5. The fourth-order valence-electron chi connectivity index (χ4n) is 3.50. The topological polar surface area (TPSA) is 106 Å². The third-order valence-corrected chi connectivity index (χ3v) is 5.13. The van der Waals surface area contributed by atoms with Crippen LogP contribution in [-0.2, 0) is 6.42 Å². The average Bonchev–Trinajstić information content (AvgIpc) is 3.17. The van der Waals surface area contributed by atoms with Gasteiger partial charge in [-0.05, 0) is 54.4 Å². The quantitative estimate of drug-likeness (QED) is 0.463. The van der Waals surface area contributed by atoms with Crippen LogP contribution in [-0.4, -0.2) is 37.4 Å². The maximum Gasteiger partial charge on any atom is 0.299 e. The molecule has 0 radical (unpaired) electrons. The lowest BCUT2D eigenvalue weighted by atomic mass is 10.1. The molecule has 0 aliphatic heterocycles. The second-order valence-electron chi connectivity index (χ2n) is 7.10. The number of hydrogen-bond donors (Lipinski definition) is 2. The zero-order chi connectivity index (χ0) is 21.2. The number of H-pyrrole nitrogens is 1. The number of nitrogens with zero attached hydrogens (tertiary/aromatic N) is 4. The number of rotatable bonds is 5. The molecule has 3 aromatic heterocycles. The molecule has 0 spiro atoms. The van der Waals surface area contributed by atoms with Gasteiger partial charge in [0, 0.05) is 29.9 Å². The average molecular weight is 410 g/mol. The van der Waals surface area contributed by atoms with E-state index in [1.807, 2.05) is 36.4 Å². The highest BCUT2D eigenvalue weighted by molar-refractivity contribution is 6.00. The first-order valence-electron chi connectivity index (χ1n) is 9.84. The Hall–Kier alpha value is -4.33. The van der Waals surface area contributed by atoms with E-state index < -0.39 is 0 Å². The largest absolute Gasteiger partial charge is 0.352 e. The van der Waals surface area contributed by atoms with E-state index in [9.17, 15) is 9.59 Å². The van der Waals surface area contributed by atoms with Crippen molar-refractivity contribution in [3.8, 4) is 5.69 Å². The lowest BCUT2D eigenvalue weighted by Crippen LogP contribution is -2.25. The predicted molar refractivity (Wildman–Crippen MR) is 117 cm³/mol. The second-order valence-corrected chi connectivity index (χ2v) is 7.10. The number of fused-ring (bicyclic) bond motifs is 3. The molecular weight excluding hydrogens is 392 g/mol. The van der Waals surface area contributed by atoms with E-state index in [2.05, 4.69) is 25.6 Å². The van der Waals surface area contributed by atoms with E-state index in [0.29, 0.717) is 28.8 Å². The van der Waals surface area contributed by atoms with Crippen LogP contribution in [0.1, 0.15) is 15.9 Å². The van der Waals surface area contributed by atoms with Crippen LogP contribution in [0.3, 0.4) is 0 Å². The third kappa shape index (κ3) is 3.55. The van der Waals surface area contributed by atoms with Gasteiger partial charge in [-0.3, -0.25) is 19.7 Å². The van der Waals surface area contributed by atoms with E-state index in [1.165, 1.54) is 4.68 Å². The van der Waals surface area contributed by atoms with Crippen LogP contribution in [0.25, 0.3) is 27.6 Å². The smallest absolute Gasteiger partial charge is 0.299 e. The molecule has 0 saturated carbocycles. The van der Waals surface area contributed by atoms with Crippen LogP contribution >= 0.6 is 0 Å². The number of carbonyl (C=O) groups excluding carboxylic acids is 1. The van der Waals surface area contributed by atoms with Gasteiger partial charge in [-0.1, -0.05) is 18.2 Å². The Morgan fingerprint density at radius 1 is 0.968 bits per heavy atom. The Bertz CT molecular complexity index is 1440. The van der Waals surface area contributed by atoms with Crippen LogP contribution in [0.15, 0.2) is 77.9 Å². The summed E-state index contributed by atoms with van der Waals surface area (Å²) in [5, 5.41) is 15.1. The number of nitrogens with one attached hydrogen (secondary N) is 2. The maximum absolute atomic E-state index is 12.8. The van der Waals surface area contributed by atoms with Crippen molar-refractivity contribution >= 4 is 27.8 Å². The van der Waals surface area contributed by atoms with Gasteiger partial charge < -0.3 is 5.32 Å². The Labute approximate surface area is 176 Å². The monoisotopic (exact) mass is 410 g/mol. The van der Waals surface area contributed by atoms with Gasteiger partial charge in [0.2, 0.25) is 0 Å². The fourth-order valence-corrected chi connectivity index (χ4v) is 3.50. The molecule has 0 fully saturated rings. The molecule has 0 bridgehead atoms. The Balaban J connectivity index is 1.36. The normalized spacial score (nSPS) is 11.1. The summed E-state index contributed by atoms with van der Waals surface area (Å²) in [5.74, 6) is -0.165. The molecule has 8 heteroatoms. The second kappa shape index (κ2) is 7.83. The van der Waals surface area contributed by atoms with Crippen LogP contribution in [0, 0.1) is 0 Å². The number of pyridine rings is 1. The number of hydrogen-bond acceptors (Lipinski definition) is 5. The third-order valence-electron chi connectivity index (χ3n) is 5.13. The van der Waals surface area contributed by atoms with Crippen molar-refractivity contribution in [1.82, 2.24) is 30.3 Å². The first kappa shape index (κ1) is 18.7. The fraction of sp³-hybridized carbons (Fsp3) is 0.0870. The maximum atomic E-state index is 12.8. The minimum absolute atomic E-state index is 0.165. The molecule has 5 aromatic rings. The first-order chi connectivity index (χ1) is 15.2. The molecule has 2 N–H and O–H groups in total. The minimum atomic E-state index is -0.289. The Morgan fingerprint density at radius 2 is 1.74 bits per heavy atom. The molecule has 0 aliphatic carbocycles. The van der Waals surface area contributed by atoms with Crippen molar-refractivity contribution in [3.63, 3.8) is 0 Å². The van der Waals surface area contributed by atoms with E-state index in [1.54, 1.807) is 36.7 Å². The molecule has 0 saturated heterocycles. The first-order valence-corrected chi connectivity index (χ1v) is 9.84. The molecule has 0 aliphatic rings. The molecule has 8 nitrogen and oxygen atoms in total. The number of aromatic amines is 1. The van der Waals surface area contributed by atoms with E-state index in [-0.39, 0.29) is 17.0 Å². The summed E-state index contributed by atoms with van der Waals surface area (Å²) in [6.45, 7) is 0.526. The van der Waals surface area contributed by atoms with Crippen LogP contribution in [0.5, 0.6) is 0 Å². The van der Waals surface area contributed by atoms with Crippen molar-refractivity contribution in [1.29, 1.82) is 0 Å². The zero-order valence-corrected chi connectivity index (χ0v) is 16.4. The van der Waals surface area contributed by atoms with Crippen molar-refractivity contribution in [2.24, 2.45) is 0 Å². The lowest BCUT2D eigenvalue weighted by molar-refractivity contribution is 0.0954. The van der Waals surface area contributed by atoms with Crippen molar-refractivity contribution in [2.45, 2.75) is 6.42 Å². The summed E-state index contributed by atoms with van der Waals surface area (Å²) >= 11 is 0. The molecule has 152 valence electrons. The molecular formula is C23H18N6O2. The van der Waals surface area contributed by atoms with Gasteiger partial charge in [-0.15, -0.1) is 10.2 Å². The summed E-state index contributed by atoms with van der Waals surface area (Å²) in [7, 11) is 0. The summed E-state index contributed by atoms with van der Waals surface area (Å²) in [6.07, 6.45) is 4.19. The van der Waals surface area contributed by atoms with Crippen LogP contribution < -0.4 is 10.9 Å². The standard InChI is InChI=1S/C23H18N6O2/c30-22(25-14-11-15-9-12-24-13-10-15)16-5-7-17(8-6-16)29-23(31)21-20(28-29)18-3-1-2-4-19(18)26-27-21/h1-10,12-13,28H,11,14H2,(H,25,30). The van der Waals surface area contributed by atoms with Gasteiger partial charge in [-0.25, -0.2) is 4.68 Å². The number of benzene rings is 2. The van der Waals surface area contributed by atoms with Gasteiger partial charge in [0.15, 0.2) is 5.52 Å². The highest BCUT2D eigenvalue weighted by atomic mass is 16.1. The van der Waals surface area contributed by atoms with E-state index in [0.717, 1.165) is 17.4 Å². The molecule has 2 aromatic carbocycles. The van der Waals surface area contributed by atoms with Gasteiger partial charge in [0.1, 0.15) is 0 Å². The number of amides is 1. The van der Waals surface area contributed by atoms with Crippen LogP contribution in [0.4, 0.5) is 0 Å². The Morgan fingerprint density at radius 3 is 2.55 bits per heavy atom. The summed E-state index contributed by atoms with van der Waals surface area (Å²) in [4.78, 5) is 29.2. The van der Waals surface area contributed by atoms with Gasteiger partial charge in [0.05, 0.1) is 16.7 Å². The molecule has 1 amide bonds. The van der Waals surface area contributed by atoms with E-state index in [4.69, 9.17) is 0 Å². The molecule has 3 heterocycles. The summed E-state index contributed by atoms with van der Waals surface area (Å²) in [6, 6.07) is 18.2. The zero-order valence-electron chi connectivity index (χ0n) is 16.4. The molecule has 0 atom stereocenters. The lowest BCUT2D eigenvalue weighted by Gasteiger charge is -2.07. The predicted octanol–water partition coefficient (Wildman–Crippen LogP) is 2.63. The Kier molecular flexibility index (Phi) is 4.72. The van der Waals surface area contributed by atoms with Crippen molar-refractivity contribution in [3.05, 3.63) is 94.5 Å². The minimum Gasteiger partial charge on any atom is -0.352 e. The molecule has 0 unspecified atom stereocenters. The SMILES string of the molecule is O=C(NCCc1ccncc1)c1ccc(-n2[nH]c3c(nnc4ccccc43)c2=O)cc1. The van der Waals surface area contributed by atoms with Gasteiger partial charge >= 0.3 is 0 Å². The highest BCUT2D eigenvalue weighted by Gasteiger charge is 2.14. The summed E-state index contributed by atoms with van der Waals surface area (Å²) in [5.41, 5.74) is 3.57. The van der Waals surface area contributed by atoms with E-state index >= 15 is 0 Å².